The molecule has 1 fully saturated rings. The van der Waals surface area contributed by atoms with E-state index in [1.807, 2.05) is 0 Å². The lowest BCUT2D eigenvalue weighted by atomic mass is 10.1. The van der Waals surface area contributed by atoms with Gasteiger partial charge >= 0.3 is 6.18 Å². The monoisotopic (exact) mass is 472 g/mol. The van der Waals surface area contributed by atoms with Crippen molar-refractivity contribution in [1.82, 2.24) is 14.9 Å². The zero-order valence-electron chi connectivity index (χ0n) is 18.4. The molecule has 1 saturated heterocycles. The lowest BCUT2D eigenvalue weighted by molar-refractivity contribution is -0.137. The number of alkyl halides is 3. The molecule has 0 bridgehead atoms. The van der Waals surface area contributed by atoms with Crippen LogP contribution >= 0.6 is 0 Å². The zero-order valence-corrected chi connectivity index (χ0v) is 18.4. The number of carbonyl (C=O) groups excluding carboxylic acids is 1. The summed E-state index contributed by atoms with van der Waals surface area (Å²) in [5, 5.41) is 3.67. The standard InChI is InChI=1S/C24H23F3N4O3/c1-3-22(32)31-10-8-17(9-11-31)34-21-12-18-19(13-20(21)33-2)28-14-29-23(18)30-16-6-4-15(5-7-16)24(25,26)27/h3-7,12-14,17H,1,8-11H2,2H3,(H,28,29,30). The number of fused-ring (bicyclic) bond motifs is 1. The Balaban J connectivity index is 1.57. The number of piperidine rings is 1. The number of benzene rings is 2. The highest BCUT2D eigenvalue weighted by molar-refractivity contribution is 5.93. The maximum Gasteiger partial charge on any atom is 0.416 e. The van der Waals surface area contributed by atoms with Gasteiger partial charge in [0.05, 0.1) is 18.2 Å². The van der Waals surface area contributed by atoms with E-state index in [0.29, 0.717) is 59.8 Å². The molecule has 34 heavy (non-hydrogen) atoms. The number of anilines is 2. The van der Waals surface area contributed by atoms with Gasteiger partial charge in [0.25, 0.3) is 0 Å². The molecular weight excluding hydrogens is 449 g/mol. The number of ether oxygens (including phenoxy) is 2. The molecule has 0 radical (unpaired) electrons. The highest BCUT2D eigenvalue weighted by Gasteiger charge is 2.30. The molecule has 178 valence electrons. The molecule has 0 saturated carbocycles. The van der Waals surface area contributed by atoms with Crippen LogP contribution in [0.5, 0.6) is 11.5 Å². The van der Waals surface area contributed by atoms with Crippen LogP contribution in [0.2, 0.25) is 0 Å². The van der Waals surface area contributed by atoms with Gasteiger partial charge in [0.1, 0.15) is 18.2 Å². The summed E-state index contributed by atoms with van der Waals surface area (Å²) in [6.45, 7) is 4.65. The van der Waals surface area contributed by atoms with Gasteiger partial charge in [0.15, 0.2) is 11.5 Å². The second-order valence-electron chi connectivity index (χ2n) is 7.79. The molecule has 2 aromatic carbocycles. The largest absolute Gasteiger partial charge is 0.493 e. The third-order valence-electron chi connectivity index (χ3n) is 5.62. The van der Waals surface area contributed by atoms with Crippen LogP contribution in [0.1, 0.15) is 18.4 Å². The van der Waals surface area contributed by atoms with Gasteiger partial charge in [-0.2, -0.15) is 13.2 Å². The minimum atomic E-state index is -4.40. The van der Waals surface area contributed by atoms with Crippen molar-refractivity contribution in [1.29, 1.82) is 0 Å². The molecule has 0 atom stereocenters. The van der Waals surface area contributed by atoms with Crippen LogP contribution in [0.25, 0.3) is 10.9 Å². The van der Waals surface area contributed by atoms with Gasteiger partial charge in [-0.1, -0.05) is 6.58 Å². The van der Waals surface area contributed by atoms with Gasteiger partial charge in [-0.15, -0.1) is 0 Å². The first-order chi connectivity index (χ1) is 16.3. The summed E-state index contributed by atoms with van der Waals surface area (Å²) in [6, 6.07) is 8.17. The van der Waals surface area contributed by atoms with Crippen molar-refractivity contribution in [2.75, 3.05) is 25.5 Å². The fourth-order valence-corrected chi connectivity index (χ4v) is 3.80. The lowest BCUT2D eigenvalue weighted by Gasteiger charge is -2.31. The van der Waals surface area contributed by atoms with Gasteiger partial charge in [0.2, 0.25) is 5.91 Å². The molecule has 0 aliphatic carbocycles. The number of likely N-dealkylation sites (tertiary alicyclic amines) is 1. The van der Waals surface area contributed by atoms with Crippen molar-refractivity contribution in [3.05, 3.63) is 60.9 Å². The second-order valence-corrected chi connectivity index (χ2v) is 7.79. The highest BCUT2D eigenvalue weighted by Crippen LogP contribution is 2.36. The number of halogens is 3. The number of nitrogens with one attached hydrogen (secondary N) is 1. The predicted molar refractivity (Wildman–Crippen MR) is 121 cm³/mol. The van der Waals surface area contributed by atoms with Crippen molar-refractivity contribution in [3.8, 4) is 11.5 Å². The van der Waals surface area contributed by atoms with Crippen LogP contribution in [0, 0.1) is 0 Å². The van der Waals surface area contributed by atoms with Gasteiger partial charge in [-0.25, -0.2) is 9.97 Å². The molecule has 7 nitrogen and oxygen atoms in total. The minimum Gasteiger partial charge on any atom is -0.493 e. The third-order valence-corrected chi connectivity index (χ3v) is 5.62. The van der Waals surface area contributed by atoms with Crippen molar-refractivity contribution in [2.45, 2.75) is 25.1 Å². The summed E-state index contributed by atoms with van der Waals surface area (Å²) < 4.78 is 50.2. The smallest absolute Gasteiger partial charge is 0.416 e. The Bertz CT molecular complexity index is 1190. The van der Waals surface area contributed by atoms with E-state index in [-0.39, 0.29) is 12.0 Å². The average molecular weight is 472 g/mol. The fraction of sp³-hybridized carbons (Fsp3) is 0.292. The molecule has 4 rings (SSSR count). The molecule has 1 N–H and O–H groups in total. The van der Waals surface area contributed by atoms with E-state index < -0.39 is 11.7 Å². The number of hydrogen-bond acceptors (Lipinski definition) is 6. The van der Waals surface area contributed by atoms with E-state index in [9.17, 15) is 18.0 Å². The Morgan fingerprint density at radius 1 is 1.15 bits per heavy atom. The van der Waals surface area contributed by atoms with Gasteiger partial charge in [-0.05, 0) is 36.4 Å². The number of rotatable bonds is 6. The molecule has 1 amide bonds. The minimum absolute atomic E-state index is 0.0992. The molecule has 0 unspecified atom stereocenters. The molecule has 1 aliphatic heterocycles. The zero-order chi connectivity index (χ0) is 24.3. The van der Waals surface area contributed by atoms with E-state index in [1.165, 1.54) is 31.6 Å². The number of hydrogen-bond donors (Lipinski definition) is 1. The van der Waals surface area contributed by atoms with Gasteiger partial charge in [-0.3, -0.25) is 4.79 Å². The number of aromatic nitrogens is 2. The maximum absolute atomic E-state index is 12.9. The summed E-state index contributed by atoms with van der Waals surface area (Å²) in [7, 11) is 1.53. The number of carbonyl (C=O) groups is 1. The molecule has 1 aliphatic rings. The summed E-state index contributed by atoms with van der Waals surface area (Å²) in [6.07, 6.45) is -0.542. The van der Waals surface area contributed by atoms with Gasteiger partial charge in [0, 0.05) is 43.1 Å². The molecule has 10 heteroatoms. The normalized spacial score (nSPS) is 14.6. The molecule has 0 spiro atoms. The van der Waals surface area contributed by atoms with Gasteiger partial charge < -0.3 is 19.7 Å². The molecule has 3 aromatic rings. The summed E-state index contributed by atoms with van der Waals surface area (Å²) in [5.74, 6) is 1.31. The SMILES string of the molecule is C=CC(=O)N1CCC(Oc2cc3c(Nc4ccc(C(F)(F)F)cc4)ncnc3cc2OC)CC1. The maximum atomic E-state index is 12.9. The fourth-order valence-electron chi connectivity index (χ4n) is 3.80. The van der Waals surface area contributed by atoms with E-state index >= 15 is 0 Å². The number of nitrogens with zero attached hydrogens (tertiary/aromatic N) is 3. The van der Waals surface area contributed by atoms with Crippen molar-refractivity contribution in [3.63, 3.8) is 0 Å². The first-order valence-electron chi connectivity index (χ1n) is 10.6. The van der Waals surface area contributed by atoms with E-state index in [1.54, 1.807) is 17.0 Å². The quantitative estimate of drug-likeness (QED) is 0.512. The number of amides is 1. The predicted octanol–water partition coefficient (Wildman–Crippen LogP) is 4.96. The Kier molecular flexibility index (Phi) is 6.58. The lowest BCUT2D eigenvalue weighted by Crippen LogP contribution is -2.41. The highest BCUT2D eigenvalue weighted by atomic mass is 19.4. The number of methoxy groups -OCH3 is 1. The second kappa shape index (κ2) is 9.58. The summed E-state index contributed by atoms with van der Waals surface area (Å²) >= 11 is 0. The van der Waals surface area contributed by atoms with Crippen LogP contribution in [0.3, 0.4) is 0 Å². The van der Waals surface area contributed by atoms with Crippen molar-refractivity contribution < 1.29 is 27.4 Å². The topological polar surface area (TPSA) is 76.6 Å². The first kappa shape index (κ1) is 23.3. The van der Waals surface area contributed by atoms with E-state index in [4.69, 9.17) is 9.47 Å². The summed E-state index contributed by atoms with van der Waals surface area (Å²) in [5.41, 5.74) is 0.303. The molecule has 2 heterocycles. The summed E-state index contributed by atoms with van der Waals surface area (Å²) in [4.78, 5) is 22.1. The van der Waals surface area contributed by atoms with Crippen LogP contribution in [0.15, 0.2) is 55.4 Å². The average Bonchev–Trinajstić information content (AvgIpc) is 2.84. The van der Waals surface area contributed by atoms with Crippen LogP contribution in [-0.2, 0) is 11.0 Å². The Hall–Kier alpha value is -3.82. The third kappa shape index (κ3) is 5.05. The van der Waals surface area contributed by atoms with Crippen molar-refractivity contribution >= 4 is 28.3 Å². The molecular formula is C24H23F3N4O3. The van der Waals surface area contributed by atoms with E-state index in [0.717, 1.165) is 12.1 Å². The van der Waals surface area contributed by atoms with E-state index in [2.05, 4.69) is 21.9 Å². The van der Waals surface area contributed by atoms with Crippen LogP contribution < -0.4 is 14.8 Å². The van der Waals surface area contributed by atoms with Crippen LogP contribution in [0.4, 0.5) is 24.7 Å². The van der Waals surface area contributed by atoms with Crippen molar-refractivity contribution in [2.24, 2.45) is 0 Å². The Morgan fingerprint density at radius 3 is 2.47 bits per heavy atom. The van der Waals surface area contributed by atoms with Crippen LogP contribution in [-0.4, -0.2) is 47.1 Å². The Labute approximate surface area is 194 Å². The molecule has 1 aromatic heterocycles. The Morgan fingerprint density at radius 2 is 1.85 bits per heavy atom. The first-order valence-corrected chi connectivity index (χ1v) is 10.6.